The number of nitrogens with zero attached hydrogens (tertiary/aromatic N) is 1. The maximum atomic E-state index is 12.1. The normalized spacial score (nSPS) is 17.5. The molecule has 1 saturated heterocycles. The van der Waals surface area contributed by atoms with Crippen LogP contribution in [0.15, 0.2) is 24.3 Å². The summed E-state index contributed by atoms with van der Waals surface area (Å²) in [5.74, 6) is 1.20. The molecule has 20 heavy (non-hydrogen) atoms. The van der Waals surface area contributed by atoms with Crippen molar-refractivity contribution in [3.05, 3.63) is 24.3 Å². The maximum absolute atomic E-state index is 12.1. The van der Waals surface area contributed by atoms with Crippen molar-refractivity contribution in [3.8, 4) is 11.5 Å². The first-order valence-electron chi connectivity index (χ1n) is 6.51. The van der Waals surface area contributed by atoms with Gasteiger partial charge in [0.15, 0.2) is 18.1 Å². The standard InChI is InChI=1S/C14H20N2O3.ClH/c1-18-12-6-2-3-7-13(12)19-10-14(17)16-8-4-5-11(16)9-15;/h2-3,6-7,11H,4-5,8-10,15H2,1H3;1H. The molecule has 1 unspecified atom stereocenters. The monoisotopic (exact) mass is 300 g/mol. The van der Waals surface area contributed by atoms with Gasteiger partial charge in [0.2, 0.25) is 0 Å². The van der Waals surface area contributed by atoms with Gasteiger partial charge in [0.05, 0.1) is 7.11 Å². The lowest BCUT2D eigenvalue weighted by Gasteiger charge is -2.23. The Hall–Kier alpha value is -1.46. The summed E-state index contributed by atoms with van der Waals surface area (Å²) in [6, 6.07) is 7.46. The highest BCUT2D eigenvalue weighted by molar-refractivity contribution is 5.85. The van der Waals surface area contributed by atoms with Gasteiger partial charge in [-0.2, -0.15) is 0 Å². The molecular formula is C14H21ClN2O3. The van der Waals surface area contributed by atoms with Crippen molar-refractivity contribution in [2.75, 3.05) is 26.8 Å². The number of benzene rings is 1. The fourth-order valence-corrected chi connectivity index (χ4v) is 2.37. The van der Waals surface area contributed by atoms with E-state index in [0.29, 0.717) is 18.0 Å². The third-order valence-corrected chi connectivity index (χ3v) is 3.39. The third kappa shape index (κ3) is 3.77. The fourth-order valence-electron chi connectivity index (χ4n) is 2.37. The first-order valence-corrected chi connectivity index (χ1v) is 6.51. The second-order valence-corrected chi connectivity index (χ2v) is 4.56. The van der Waals surface area contributed by atoms with E-state index in [1.54, 1.807) is 19.2 Å². The van der Waals surface area contributed by atoms with Crippen molar-refractivity contribution in [1.29, 1.82) is 0 Å². The summed E-state index contributed by atoms with van der Waals surface area (Å²) in [6.45, 7) is 1.31. The minimum atomic E-state index is -0.0149. The molecule has 1 amide bonds. The van der Waals surface area contributed by atoms with Crippen molar-refractivity contribution in [3.63, 3.8) is 0 Å². The van der Waals surface area contributed by atoms with E-state index in [0.717, 1.165) is 19.4 Å². The quantitative estimate of drug-likeness (QED) is 0.894. The molecule has 2 rings (SSSR count). The average molecular weight is 301 g/mol. The number of carbonyl (C=O) groups is 1. The van der Waals surface area contributed by atoms with Gasteiger partial charge in [-0.25, -0.2) is 0 Å². The Morgan fingerprint density at radius 1 is 1.40 bits per heavy atom. The van der Waals surface area contributed by atoms with Crippen LogP contribution in [0.2, 0.25) is 0 Å². The maximum Gasteiger partial charge on any atom is 0.260 e. The highest BCUT2D eigenvalue weighted by Gasteiger charge is 2.27. The number of likely N-dealkylation sites (tertiary alicyclic amines) is 1. The van der Waals surface area contributed by atoms with Crippen LogP contribution in [0.25, 0.3) is 0 Å². The van der Waals surface area contributed by atoms with E-state index >= 15 is 0 Å². The molecule has 1 aromatic rings. The minimum absolute atomic E-state index is 0. The Morgan fingerprint density at radius 2 is 2.10 bits per heavy atom. The van der Waals surface area contributed by atoms with Crippen LogP contribution in [0.3, 0.4) is 0 Å². The number of rotatable bonds is 5. The Morgan fingerprint density at radius 3 is 2.75 bits per heavy atom. The molecule has 1 fully saturated rings. The number of amides is 1. The lowest BCUT2D eigenvalue weighted by molar-refractivity contribution is -0.134. The average Bonchev–Trinajstić information content (AvgIpc) is 2.93. The molecule has 1 aliphatic rings. The predicted molar refractivity (Wildman–Crippen MR) is 79.5 cm³/mol. The van der Waals surface area contributed by atoms with E-state index in [9.17, 15) is 4.79 Å². The lowest BCUT2D eigenvalue weighted by atomic mass is 10.2. The molecule has 0 bridgehead atoms. The minimum Gasteiger partial charge on any atom is -0.493 e. The van der Waals surface area contributed by atoms with Gasteiger partial charge >= 0.3 is 0 Å². The topological polar surface area (TPSA) is 64.8 Å². The Bertz CT molecular complexity index is 442. The molecule has 1 aromatic carbocycles. The first kappa shape index (κ1) is 16.6. The molecule has 0 aliphatic carbocycles. The van der Waals surface area contributed by atoms with Gasteiger partial charge < -0.3 is 20.1 Å². The van der Waals surface area contributed by atoms with E-state index in [4.69, 9.17) is 15.2 Å². The van der Waals surface area contributed by atoms with Crippen LogP contribution in [-0.4, -0.2) is 43.7 Å². The fraction of sp³-hybridized carbons (Fsp3) is 0.500. The second-order valence-electron chi connectivity index (χ2n) is 4.56. The van der Waals surface area contributed by atoms with Gasteiger partial charge in [-0.15, -0.1) is 12.4 Å². The molecule has 1 atom stereocenters. The highest BCUT2D eigenvalue weighted by atomic mass is 35.5. The summed E-state index contributed by atoms with van der Waals surface area (Å²) in [5, 5.41) is 0. The zero-order valence-corrected chi connectivity index (χ0v) is 12.4. The van der Waals surface area contributed by atoms with E-state index in [1.165, 1.54) is 0 Å². The Balaban J connectivity index is 0.00000200. The van der Waals surface area contributed by atoms with Gasteiger partial charge in [0.25, 0.3) is 5.91 Å². The number of carbonyl (C=O) groups excluding carboxylic acids is 1. The van der Waals surface area contributed by atoms with Crippen LogP contribution < -0.4 is 15.2 Å². The van der Waals surface area contributed by atoms with Crippen molar-refractivity contribution in [1.82, 2.24) is 4.90 Å². The molecule has 112 valence electrons. The van der Waals surface area contributed by atoms with Gasteiger partial charge in [-0.05, 0) is 25.0 Å². The molecule has 0 saturated carbocycles. The molecular weight excluding hydrogens is 280 g/mol. The van der Waals surface area contributed by atoms with E-state index < -0.39 is 0 Å². The van der Waals surface area contributed by atoms with Crippen molar-refractivity contribution in [2.45, 2.75) is 18.9 Å². The third-order valence-electron chi connectivity index (χ3n) is 3.39. The molecule has 0 aromatic heterocycles. The van der Waals surface area contributed by atoms with Crippen LogP contribution in [0, 0.1) is 0 Å². The first-order chi connectivity index (χ1) is 9.26. The van der Waals surface area contributed by atoms with E-state index in [-0.39, 0.29) is 31.0 Å². The van der Waals surface area contributed by atoms with Crippen molar-refractivity contribution < 1.29 is 14.3 Å². The number of para-hydroxylation sites is 2. The zero-order chi connectivity index (χ0) is 13.7. The summed E-state index contributed by atoms with van der Waals surface area (Å²) in [7, 11) is 1.58. The molecule has 1 heterocycles. The summed E-state index contributed by atoms with van der Waals surface area (Å²) in [4.78, 5) is 13.9. The Labute approximate surface area is 125 Å². The summed E-state index contributed by atoms with van der Waals surface area (Å²) in [5.41, 5.74) is 5.66. The van der Waals surface area contributed by atoms with Crippen LogP contribution >= 0.6 is 12.4 Å². The molecule has 0 spiro atoms. The molecule has 0 radical (unpaired) electrons. The van der Waals surface area contributed by atoms with Crippen molar-refractivity contribution in [2.24, 2.45) is 5.73 Å². The second kappa shape index (κ2) is 7.97. The summed E-state index contributed by atoms with van der Waals surface area (Å²) >= 11 is 0. The molecule has 1 aliphatic heterocycles. The van der Waals surface area contributed by atoms with Gasteiger partial charge in [0, 0.05) is 19.1 Å². The van der Waals surface area contributed by atoms with Crippen LogP contribution in [0.4, 0.5) is 0 Å². The lowest BCUT2D eigenvalue weighted by Crippen LogP contribution is -2.42. The zero-order valence-electron chi connectivity index (χ0n) is 11.6. The summed E-state index contributed by atoms with van der Waals surface area (Å²) < 4.78 is 10.7. The largest absolute Gasteiger partial charge is 0.493 e. The Kier molecular flexibility index (Phi) is 6.61. The SMILES string of the molecule is COc1ccccc1OCC(=O)N1CCCC1CN.Cl. The number of hydrogen-bond donors (Lipinski definition) is 1. The van der Waals surface area contributed by atoms with Crippen LogP contribution in [0.5, 0.6) is 11.5 Å². The summed E-state index contributed by atoms with van der Waals surface area (Å²) in [6.07, 6.45) is 2.00. The molecule has 5 nitrogen and oxygen atoms in total. The van der Waals surface area contributed by atoms with Crippen LogP contribution in [-0.2, 0) is 4.79 Å². The molecule has 6 heteroatoms. The van der Waals surface area contributed by atoms with Crippen molar-refractivity contribution >= 4 is 18.3 Å². The predicted octanol–water partition coefficient (Wildman–Crippen LogP) is 1.45. The molecule has 2 N–H and O–H groups in total. The van der Waals surface area contributed by atoms with E-state index in [2.05, 4.69) is 0 Å². The number of nitrogens with two attached hydrogens (primary N) is 1. The number of ether oxygens (including phenoxy) is 2. The number of halogens is 1. The number of hydrogen-bond acceptors (Lipinski definition) is 4. The number of methoxy groups -OCH3 is 1. The van der Waals surface area contributed by atoms with Crippen LogP contribution in [0.1, 0.15) is 12.8 Å². The highest BCUT2D eigenvalue weighted by Crippen LogP contribution is 2.26. The smallest absolute Gasteiger partial charge is 0.260 e. The van der Waals surface area contributed by atoms with Gasteiger partial charge in [0.1, 0.15) is 0 Å². The van der Waals surface area contributed by atoms with E-state index in [1.807, 2.05) is 17.0 Å². The van der Waals surface area contributed by atoms with Gasteiger partial charge in [-0.3, -0.25) is 4.79 Å². The van der Waals surface area contributed by atoms with Gasteiger partial charge in [-0.1, -0.05) is 12.1 Å².